The summed E-state index contributed by atoms with van der Waals surface area (Å²) in [4.78, 5) is 15.2. The molecule has 0 unspecified atom stereocenters. The van der Waals surface area contributed by atoms with Gasteiger partial charge in [-0.3, -0.25) is 4.79 Å². The molecular weight excluding hydrogens is 386 g/mol. The molecule has 2 aromatic carbocycles. The summed E-state index contributed by atoms with van der Waals surface area (Å²) in [6, 6.07) is 13.4. The zero-order valence-corrected chi connectivity index (χ0v) is 17.7. The molecule has 0 radical (unpaired) electrons. The van der Waals surface area contributed by atoms with E-state index in [9.17, 15) is 13.2 Å². The highest BCUT2D eigenvalue weighted by atomic mass is 32.2. The lowest BCUT2D eigenvalue weighted by Crippen LogP contribution is -2.36. The van der Waals surface area contributed by atoms with E-state index in [-0.39, 0.29) is 10.8 Å². The number of fused-ring (bicyclic) bond motifs is 1. The first-order chi connectivity index (χ1) is 13.8. The second kappa shape index (κ2) is 7.80. The van der Waals surface area contributed by atoms with Crippen molar-refractivity contribution in [3.05, 3.63) is 59.2 Å². The van der Waals surface area contributed by atoms with Crippen molar-refractivity contribution in [2.75, 3.05) is 26.0 Å². The lowest BCUT2D eigenvalue weighted by atomic mass is 9.93. The van der Waals surface area contributed by atoms with Crippen LogP contribution in [0.15, 0.2) is 47.4 Å². The SMILES string of the molecule is CN(C)S(=O)(=O)c1cc(NC2CCC2)cc(C(=O)N2CCc3ccccc3C2)c1. The number of benzene rings is 2. The van der Waals surface area contributed by atoms with Gasteiger partial charge in [0.25, 0.3) is 5.91 Å². The van der Waals surface area contributed by atoms with Crippen LogP contribution >= 0.6 is 0 Å². The van der Waals surface area contributed by atoms with Crippen LogP contribution in [-0.4, -0.2) is 50.2 Å². The van der Waals surface area contributed by atoms with E-state index in [1.807, 2.05) is 18.2 Å². The summed E-state index contributed by atoms with van der Waals surface area (Å²) in [6.45, 7) is 1.18. The molecule has 1 N–H and O–H groups in total. The van der Waals surface area contributed by atoms with Crippen molar-refractivity contribution in [2.24, 2.45) is 0 Å². The summed E-state index contributed by atoms with van der Waals surface area (Å²) < 4.78 is 26.7. The first-order valence-corrected chi connectivity index (χ1v) is 11.5. The minimum Gasteiger partial charge on any atom is -0.382 e. The van der Waals surface area contributed by atoms with Gasteiger partial charge in [-0.1, -0.05) is 24.3 Å². The zero-order valence-electron chi connectivity index (χ0n) is 16.9. The fraction of sp³-hybridized carbons (Fsp3) is 0.409. The number of amides is 1. The maximum Gasteiger partial charge on any atom is 0.254 e. The molecule has 1 heterocycles. The molecule has 1 aliphatic heterocycles. The maximum absolute atomic E-state index is 13.3. The van der Waals surface area contributed by atoms with Crippen LogP contribution in [0.3, 0.4) is 0 Å². The molecule has 0 saturated heterocycles. The largest absolute Gasteiger partial charge is 0.382 e. The van der Waals surface area contributed by atoms with Crippen molar-refractivity contribution >= 4 is 21.6 Å². The van der Waals surface area contributed by atoms with Gasteiger partial charge in [-0.15, -0.1) is 0 Å². The van der Waals surface area contributed by atoms with E-state index in [0.717, 1.165) is 24.8 Å². The standard InChI is InChI=1S/C22H27N3O3S/c1-24(2)29(27,28)21-13-18(12-20(14-21)23-19-8-5-9-19)22(26)25-11-10-16-6-3-4-7-17(16)15-25/h3-4,6-7,12-14,19,23H,5,8-11,15H2,1-2H3. The van der Waals surface area contributed by atoms with Crippen LogP contribution in [0.5, 0.6) is 0 Å². The molecule has 29 heavy (non-hydrogen) atoms. The molecule has 0 aromatic heterocycles. The Morgan fingerprint density at radius 3 is 2.48 bits per heavy atom. The van der Waals surface area contributed by atoms with Crippen LogP contribution in [-0.2, 0) is 23.0 Å². The number of rotatable bonds is 5. The highest BCUT2D eigenvalue weighted by Gasteiger charge is 2.26. The molecule has 1 saturated carbocycles. The van der Waals surface area contributed by atoms with Gasteiger partial charge in [0.2, 0.25) is 10.0 Å². The van der Waals surface area contributed by atoms with E-state index in [1.54, 1.807) is 17.0 Å². The maximum atomic E-state index is 13.3. The number of hydrogen-bond donors (Lipinski definition) is 1. The topological polar surface area (TPSA) is 69.7 Å². The van der Waals surface area contributed by atoms with Crippen LogP contribution in [0.25, 0.3) is 0 Å². The minimum atomic E-state index is -3.64. The molecule has 0 bridgehead atoms. The lowest BCUT2D eigenvalue weighted by molar-refractivity contribution is 0.0734. The molecule has 2 aromatic rings. The monoisotopic (exact) mass is 413 g/mol. The molecule has 0 spiro atoms. The molecule has 1 aliphatic carbocycles. The Bertz CT molecular complexity index is 1030. The number of nitrogens with one attached hydrogen (secondary N) is 1. The molecule has 154 valence electrons. The van der Waals surface area contributed by atoms with Crippen molar-refractivity contribution in [3.8, 4) is 0 Å². The zero-order chi connectivity index (χ0) is 20.6. The molecule has 6 nitrogen and oxygen atoms in total. The van der Waals surface area contributed by atoms with Crippen molar-refractivity contribution in [1.82, 2.24) is 9.21 Å². The van der Waals surface area contributed by atoms with Crippen LogP contribution in [0.1, 0.15) is 40.7 Å². The lowest BCUT2D eigenvalue weighted by Gasteiger charge is -2.30. The van der Waals surface area contributed by atoms with Gasteiger partial charge in [0, 0.05) is 44.5 Å². The first kappa shape index (κ1) is 19.9. The van der Waals surface area contributed by atoms with Crippen LogP contribution < -0.4 is 5.32 Å². The predicted molar refractivity (Wildman–Crippen MR) is 113 cm³/mol. The molecule has 7 heteroatoms. The second-order valence-electron chi connectivity index (χ2n) is 8.05. The fourth-order valence-corrected chi connectivity index (χ4v) is 4.78. The molecule has 0 atom stereocenters. The Balaban J connectivity index is 1.66. The van der Waals surface area contributed by atoms with Gasteiger partial charge in [-0.05, 0) is 55.0 Å². The summed E-state index contributed by atoms with van der Waals surface area (Å²) in [5.74, 6) is -0.132. The first-order valence-electron chi connectivity index (χ1n) is 10.0. The third-order valence-corrected chi connectivity index (χ3v) is 7.62. The van der Waals surface area contributed by atoms with Gasteiger partial charge >= 0.3 is 0 Å². The molecule has 4 rings (SSSR count). The number of nitrogens with zero attached hydrogens (tertiary/aromatic N) is 2. The minimum absolute atomic E-state index is 0.132. The summed E-state index contributed by atoms with van der Waals surface area (Å²) >= 11 is 0. The molecular formula is C22H27N3O3S. The fourth-order valence-electron chi connectivity index (χ4n) is 3.81. The normalized spacial score (nSPS) is 17.0. The van der Waals surface area contributed by atoms with Crippen molar-refractivity contribution in [1.29, 1.82) is 0 Å². The highest BCUT2D eigenvalue weighted by molar-refractivity contribution is 7.89. The van der Waals surface area contributed by atoms with Crippen LogP contribution in [0, 0.1) is 0 Å². The Kier molecular flexibility index (Phi) is 5.36. The second-order valence-corrected chi connectivity index (χ2v) is 10.2. The van der Waals surface area contributed by atoms with Gasteiger partial charge in [0.05, 0.1) is 4.90 Å². The summed E-state index contributed by atoms with van der Waals surface area (Å²) in [5.41, 5.74) is 3.53. The third-order valence-electron chi connectivity index (χ3n) is 5.83. The Morgan fingerprint density at radius 1 is 1.10 bits per heavy atom. The van der Waals surface area contributed by atoms with E-state index in [1.165, 1.54) is 36.5 Å². The van der Waals surface area contributed by atoms with Gasteiger partial charge in [-0.25, -0.2) is 12.7 Å². The average Bonchev–Trinajstić information content (AvgIpc) is 2.69. The van der Waals surface area contributed by atoms with Gasteiger partial charge in [0.15, 0.2) is 0 Å². The summed E-state index contributed by atoms with van der Waals surface area (Å²) in [6.07, 6.45) is 4.12. The Hall–Kier alpha value is -2.38. The number of anilines is 1. The third kappa shape index (κ3) is 4.02. The van der Waals surface area contributed by atoms with E-state index in [0.29, 0.717) is 30.4 Å². The van der Waals surface area contributed by atoms with Crippen LogP contribution in [0.2, 0.25) is 0 Å². The number of hydrogen-bond acceptors (Lipinski definition) is 4. The molecule has 2 aliphatic rings. The van der Waals surface area contributed by atoms with E-state index in [4.69, 9.17) is 0 Å². The van der Waals surface area contributed by atoms with Gasteiger partial charge in [0.1, 0.15) is 0 Å². The van der Waals surface area contributed by atoms with E-state index < -0.39 is 10.0 Å². The predicted octanol–water partition coefficient (Wildman–Crippen LogP) is 3.10. The Morgan fingerprint density at radius 2 is 1.83 bits per heavy atom. The van der Waals surface area contributed by atoms with Crippen molar-refractivity contribution in [2.45, 2.75) is 43.2 Å². The Labute approximate surface area is 172 Å². The van der Waals surface area contributed by atoms with E-state index >= 15 is 0 Å². The molecule has 1 amide bonds. The molecule has 1 fully saturated rings. The number of carbonyl (C=O) groups excluding carboxylic acids is 1. The van der Waals surface area contributed by atoms with Crippen LogP contribution in [0.4, 0.5) is 5.69 Å². The van der Waals surface area contributed by atoms with Crippen molar-refractivity contribution < 1.29 is 13.2 Å². The van der Waals surface area contributed by atoms with Crippen molar-refractivity contribution in [3.63, 3.8) is 0 Å². The smallest absolute Gasteiger partial charge is 0.254 e. The summed E-state index contributed by atoms with van der Waals surface area (Å²) in [7, 11) is -0.628. The van der Waals surface area contributed by atoms with Gasteiger partial charge < -0.3 is 10.2 Å². The highest BCUT2D eigenvalue weighted by Crippen LogP contribution is 2.28. The van der Waals surface area contributed by atoms with E-state index in [2.05, 4.69) is 11.4 Å². The number of carbonyl (C=O) groups is 1. The van der Waals surface area contributed by atoms with Gasteiger partial charge in [-0.2, -0.15) is 0 Å². The summed E-state index contributed by atoms with van der Waals surface area (Å²) in [5, 5.41) is 3.39. The average molecular weight is 414 g/mol. The quantitative estimate of drug-likeness (QED) is 0.818. The number of sulfonamides is 1.